The van der Waals surface area contributed by atoms with E-state index in [1.807, 2.05) is 18.2 Å². The molecule has 0 fully saturated rings. The van der Waals surface area contributed by atoms with Gasteiger partial charge in [0.1, 0.15) is 11.1 Å². The van der Waals surface area contributed by atoms with Gasteiger partial charge >= 0.3 is 0 Å². The number of furan rings is 1. The van der Waals surface area contributed by atoms with Gasteiger partial charge in [0, 0.05) is 18.9 Å². The van der Waals surface area contributed by atoms with E-state index < -0.39 is 15.7 Å². The smallest absolute Gasteiger partial charge is 0.257 e. The highest BCUT2D eigenvalue weighted by molar-refractivity contribution is 7.91. The highest BCUT2D eigenvalue weighted by atomic mass is 32.2. The van der Waals surface area contributed by atoms with Crippen molar-refractivity contribution in [3.05, 3.63) is 48.0 Å². The summed E-state index contributed by atoms with van der Waals surface area (Å²) in [5, 5.41) is 2.67. The van der Waals surface area contributed by atoms with E-state index in [0.29, 0.717) is 5.56 Å². The number of carbonyl (C=O) groups excluding carboxylic acids is 1. The van der Waals surface area contributed by atoms with Gasteiger partial charge < -0.3 is 15.5 Å². The summed E-state index contributed by atoms with van der Waals surface area (Å²) in [5.74, 6) is -0.610. The van der Waals surface area contributed by atoms with Gasteiger partial charge in [0.25, 0.3) is 5.91 Å². The largest absolute Gasteiger partial charge is 0.440 e. The molecular weight excluding hydrogens is 328 g/mol. The highest BCUT2D eigenvalue weighted by Gasteiger charge is 2.27. The molecule has 0 atom stereocenters. The molecule has 1 amide bonds. The van der Waals surface area contributed by atoms with Crippen LogP contribution in [0.15, 0.2) is 51.8 Å². The third-order valence-corrected chi connectivity index (χ3v) is 4.91. The predicted octanol–water partition coefficient (Wildman–Crippen LogP) is 2.45. The number of hydrogen-bond donors (Lipinski definition) is 2. The first kappa shape index (κ1) is 16.1. The molecule has 0 bridgehead atoms. The molecule has 0 aliphatic carbocycles. The van der Waals surface area contributed by atoms with E-state index in [1.54, 1.807) is 24.3 Å². The molecule has 0 saturated heterocycles. The fourth-order valence-corrected chi connectivity index (χ4v) is 3.92. The number of sulfone groups is 1. The summed E-state index contributed by atoms with van der Waals surface area (Å²) in [6.07, 6.45) is 1.10. The van der Waals surface area contributed by atoms with Crippen molar-refractivity contribution in [2.75, 3.05) is 19.0 Å². The van der Waals surface area contributed by atoms with Crippen molar-refractivity contribution in [2.45, 2.75) is 4.90 Å². The van der Waals surface area contributed by atoms with Crippen LogP contribution in [0.3, 0.4) is 0 Å². The van der Waals surface area contributed by atoms with Gasteiger partial charge in [-0.2, -0.15) is 0 Å². The second-order valence-electron chi connectivity index (χ2n) is 5.37. The third kappa shape index (κ3) is 2.52. The fraction of sp³-hybridized carbons (Fsp3) is 0.118. The van der Waals surface area contributed by atoms with Crippen molar-refractivity contribution in [1.29, 1.82) is 0 Å². The summed E-state index contributed by atoms with van der Waals surface area (Å²) in [6, 6.07) is 12.4. The van der Waals surface area contributed by atoms with E-state index >= 15 is 0 Å². The second-order valence-corrected chi connectivity index (χ2v) is 7.33. The minimum atomic E-state index is -3.65. The number of nitrogens with two attached hydrogens (primary N) is 1. The third-order valence-electron chi connectivity index (χ3n) is 3.75. The number of nitrogens with one attached hydrogen (secondary N) is 1. The molecule has 0 aliphatic rings. The summed E-state index contributed by atoms with van der Waals surface area (Å²) in [6.45, 7) is 0. The van der Waals surface area contributed by atoms with Crippen LogP contribution in [-0.2, 0) is 9.84 Å². The summed E-state index contributed by atoms with van der Waals surface area (Å²) >= 11 is 0. The molecule has 1 heterocycles. The number of benzene rings is 2. The van der Waals surface area contributed by atoms with Gasteiger partial charge in [-0.05, 0) is 17.7 Å². The fourth-order valence-electron chi connectivity index (χ4n) is 2.76. The van der Waals surface area contributed by atoms with Crippen LogP contribution in [0.1, 0.15) is 10.4 Å². The molecule has 2 aromatic carbocycles. The Balaban J connectivity index is 2.51. The zero-order chi connectivity index (χ0) is 17.5. The Kier molecular flexibility index (Phi) is 3.81. The summed E-state index contributed by atoms with van der Waals surface area (Å²) in [4.78, 5) is 12.2. The first-order valence-corrected chi connectivity index (χ1v) is 9.06. The second kappa shape index (κ2) is 5.68. The lowest BCUT2D eigenvalue weighted by molar-refractivity contribution is 0.0965. The Morgan fingerprint density at radius 3 is 2.38 bits per heavy atom. The van der Waals surface area contributed by atoms with E-state index in [0.717, 1.165) is 11.8 Å². The van der Waals surface area contributed by atoms with Crippen molar-refractivity contribution in [3.63, 3.8) is 0 Å². The van der Waals surface area contributed by atoms with Gasteiger partial charge in [0.2, 0.25) is 5.88 Å². The SMILES string of the molecule is CNC(=O)c1c(N)oc2ccc(-c3ccccc3)c(S(C)(=O)=O)c12. The maximum absolute atomic E-state index is 12.5. The van der Waals surface area contributed by atoms with Crippen LogP contribution < -0.4 is 11.1 Å². The van der Waals surface area contributed by atoms with Gasteiger partial charge in [-0.25, -0.2) is 8.42 Å². The molecule has 3 rings (SSSR count). The predicted molar refractivity (Wildman–Crippen MR) is 92.6 cm³/mol. The number of anilines is 1. The minimum absolute atomic E-state index is 0.0326. The molecule has 7 heteroatoms. The molecule has 0 spiro atoms. The van der Waals surface area contributed by atoms with Crippen molar-refractivity contribution in [3.8, 4) is 11.1 Å². The average Bonchev–Trinajstić information content (AvgIpc) is 2.88. The van der Waals surface area contributed by atoms with Crippen molar-refractivity contribution >= 4 is 32.6 Å². The molecule has 0 aliphatic heterocycles. The molecule has 0 unspecified atom stereocenters. The lowest BCUT2D eigenvalue weighted by Crippen LogP contribution is -2.19. The average molecular weight is 344 g/mol. The van der Waals surface area contributed by atoms with Gasteiger partial charge in [-0.15, -0.1) is 0 Å². The molecule has 0 saturated carbocycles. The summed E-state index contributed by atoms with van der Waals surface area (Å²) < 4.78 is 30.4. The molecule has 3 N–H and O–H groups in total. The van der Waals surface area contributed by atoms with E-state index in [9.17, 15) is 13.2 Å². The topological polar surface area (TPSA) is 102 Å². The number of nitrogen functional groups attached to an aromatic ring is 1. The van der Waals surface area contributed by atoms with Crippen LogP contribution >= 0.6 is 0 Å². The Bertz CT molecular complexity index is 1040. The van der Waals surface area contributed by atoms with Crippen LogP contribution in [0.2, 0.25) is 0 Å². The monoisotopic (exact) mass is 344 g/mol. The summed E-state index contributed by atoms with van der Waals surface area (Å²) in [7, 11) is -2.21. The maximum Gasteiger partial charge on any atom is 0.257 e. The van der Waals surface area contributed by atoms with Gasteiger partial charge in [-0.1, -0.05) is 30.3 Å². The van der Waals surface area contributed by atoms with E-state index in [4.69, 9.17) is 10.2 Å². The van der Waals surface area contributed by atoms with Crippen LogP contribution in [0.5, 0.6) is 0 Å². The van der Waals surface area contributed by atoms with Gasteiger partial charge in [0.15, 0.2) is 9.84 Å². The Morgan fingerprint density at radius 2 is 1.79 bits per heavy atom. The lowest BCUT2D eigenvalue weighted by Gasteiger charge is -2.10. The minimum Gasteiger partial charge on any atom is -0.440 e. The summed E-state index contributed by atoms with van der Waals surface area (Å²) in [5.41, 5.74) is 7.32. The van der Waals surface area contributed by atoms with Crippen molar-refractivity contribution < 1.29 is 17.6 Å². The zero-order valence-electron chi connectivity index (χ0n) is 13.2. The molecule has 3 aromatic rings. The standard InChI is InChI=1S/C17H16N2O4S/c1-19-17(20)14-13-12(23-16(14)18)9-8-11(15(13)24(2,21)22)10-6-4-3-5-7-10/h3-9H,18H2,1-2H3,(H,19,20). The quantitative estimate of drug-likeness (QED) is 0.760. The lowest BCUT2D eigenvalue weighted by atomic mass is 10.0. The number of carbonyl (C=O) groups is 1. The maximum atomic E-state index is 12.5. The van der Waals surface area contributed by atoms with Crippen LogP contribution in [0.4, 0.5) is 5.88 Å². The van der Waals surface area contributed by atoms with E-state index in [1.165, 1.54) is 7.05 Å². The zero-order valence-corrected chi connectivity index (χ0v) is 14.0. The molecule has 1 aromatic heterocycles. The first-order chi connectivity index (χ1) is 11.3. The van der Waals surface area contributed by atoms with Gasteiger partial charge in [0.05, 0.1) is 10.3 Å². The normalized spacial score (nSPS) is 11.6. The van der Waals surface area contributed by atoms with Crippen molar-refractivity contribution in [2.24, 2.45) is 0 Å². The number of fused-ring (bicyclic) bond motifs is 1. The Morgan fingerprint density at radius 1 is 1.12 bits per heavy atom. The van der Waals surface area contributed by atoms with E-state index in [2.05, 4.69) is 5.32 Å². The molecule has 124 valence electrons. The molecular formula is C17H16N2O4S. The Hall–Kier alpha value is -2.80. The number of amides is 1. The van der Waals surface area contributed by atoms with Crippen LogP contribution in [0, 0.1) is 0 Å². The first-order valence-electron chi connectivity index (χ1n) is 7.17. The Labute approximate surface area is 139 Å². The van der Waals surface area contributed by atoms with Crippen LogP contribution in [-0.4, -0.2) is 27.6 Å². The van der Waals surface area contributed by atoms with Gasteiger partial charge in [-0.3, -0.25) is 4.79 Å². The van der Waals surface area contributed by atoms with Crippen LogP contribution in [0.25, 0.3) is 22.1 Å². The van der Waals surface area contributed by atoms with E-state index in [-0.39, 0.29) is 27.3 Å². The number of hydrogen-bond acceptors (Lipinski definition) is 5. The molecule has 6 nitrogen and oxygen atoms in total. The molecule has 24 heavy (non-hydrogen) atoms. The highest BCUT2D eigenvalue weighted by Crippen LogP contribution is 2.39. The number of rotatable bonds is 3. The van der Waals surface area contributed by atoms with Crippen molar-refractivity contribution in [1.82, 2.24) is 5.32 Å². The molecule has 0 radical (unpaired) electrons.